The van der Waals surface area contributed by atoms with Crippen LogP contribution in [0, 0.1) is 0 Å². The lowest BCUT2D eigenvalue weighted by Crippen LogP contribution is -2.14. The zero-order valence-electron chi connectivity index (χ0n) is 17.3. The SMILES string of the molecule is CCOC(=O)C1=C(O)/C(=C/c2ccccc2OCc2ccccc2)SC1=NC(=O)CC. The molecule has 0 aliphatic carbocycles. The standard InChI is InChI=1S/C24H23NO5S/c1-3-20(26)25-23-21(24(28)29-4-2)22(27)19(31-23)14-17-12-8-9-13-18(17)30-15-16-10-6-5-7-11-16/h5-14,27H,3-4,15H2,1-2H3/b19-14-,25-23?. The summed E-state index contributed by atoms with van der Waals surface area (Å²) in [5, 5.41) is 10.9. The van der Waals surface area contributed by atoms with Gasteiger partial charge in [0.05, 0.1) is 11.5 Å². The third-order valence-electron chi connectivity index (χ3n) is 4.34. The van der Waals surface area contributed by atoms with Crippen LogP contribution in [0.2, 0.25) is 0 Å². The van der Waals surface area contributed by atoms with E-state index in [4.69, 9.17) is 9.47 Å². The van der Waals surface area contributed by atoms with Gasteiger partial charge in [-0.3, -0.25) is 4.79 Å². The molecular formula is C24H23NO5S. The topological polar surface area (TPSA) is 85.2 Å². The molecule has 0 radical (unpaired) electrons. The van der Waals surface area contributed by atoms with E-state index in [2.05, 4.69) is 4.99 Å². The highest BCUT2D eigenvalue weighted by Crippen LogP contribution is 2.40. The Balaban J connectivity index is 1.93. The first-order valence-corrected chi connectivity index (χ1v) is 10.7. The second kappa shape index (κ2) is 10.6. The largest absolute Gasteiger partial charge is 0.506 e. The summed E-state index contributed by atoms with van der Waals surface area (Å²) in [5.74, 6) is -0.735. The summed E-state index contributed by atoms with van der Waals surface area (Å²) in [5.41, 5.74) is 1.65. The van der Waals surface area contributed by atoms with Gasteiger partial charge in [-0.2, -0.15) is 0 Å². The number of hydrogen-bond donors (Lipinski definition) is 1. The van der Waals surface area contributed by atoms with Gasteiger partial charge in [-0.25, -0.2) is 9.79 Å². The number of benzene rings is 2. The summed E-state index contributed by atoms with van der Waals surface area (Å²) in [4.78, 5) is 28.6. The van der Waals surface area contributed by atoms with Crippen LogP contribution >= 0.6 is 11.8 Å². The Labute approximate surface area is 185 Å². The number of aliphatic imine (C=N–C) groups is 1. The molecule has 0 atom stereocenters. The molecule has 1 heterocycles. The van der Waals surface area contributed by atoms with Gasteiger partial charge in [-0.1, -0.05) is 67.2 Å². The minimum atomic E-state index is -0.716. The van der Waals surface area contributed by atoms with Gasteiger partial charge in [0, 0.05) is 12.0 Å². The van der Waals surface area contributed by atoms with Crippen molar-refractivity contribution in [2.75, 3.05) is 6.61 Å². The Kier molecular flexibility index (Phi) is 7.67. The number of hydrogen-bond acceptors (Lipinski definition) is 6. The summed E-state index contributed by atoms with van der Waals surface area (Å²) >= 11 is 1.05. The lowest BCUT2D eigenvalue weighted by molar-refractivity contribution is -0.138. The fourth-order valence-electron chi connectivity index (χ4n) is 2.79. The molecule has 0 saturated heterocycles. The van der Waals surface area contributed by atoms with Crippen LogP contribution in [0.5, 0.6) is 5.75 Å². The number of ether oxygens (including phenoxy) is 2. The minimum Gasteiger partial charge on any atom is -0.506 e. The van der Waals surface area contributed by atoms with Crippen LogP contribution in [0.4, 0.5) is 0 Å². The van der Waals surface area contributed by atoms with Crippen molar-refractivity contribution >= 4 is 34.8 Å². The van der Waals surface area contributed by atoms with Crippen LogP contribution in [-0.4, -0.2) is 28.6 Å². The van der Waals surface area contributed by atoms with Crippen LogP contribution < -0.4 is 4.74 Å². The summed E-state index contributed by atoms with van der Waals surface area (Å²) < 4.78 is 11.0. The van der Waals surface area contributed by atoms with Gasteiger partial charge < -0.3 is 14.6 Å². The van der Waals surface area contributed by atoms with E-state index in [0.717, 1.165) is 22.9 Å². The zero-order chi connectivity index (χ0) is 22.2. The summed E-state index contributed by atoms with van der Waals surface area (Å²) in [6, 6.07) is 17.2. The predicted molar refractivity (Wildman–Crippen MR) is 122 cm³/mol. The molecule has 1 amide bonds. The van der Waals surface area contributed by atoms with E-state index < -0.39 is 5.97 Å². The Bertz CT molecular complexity index is 1060. The van der Waals surface area contributed by atoms with E-state index in [-0.39, 0.29) is 35.3 Å². The molecule has 0 bridgehead atoms. The quantitative estimate of drug-likeness (QED) is 0.609. The van der Waals surface area contributed by atoms with Crippen LogP contribution in [0.1, 0.15) is 31.4 Å². The van der Waals surface area contributed by atoms with Gasteiger partial charge in [0.25, 0.3) is 0 Å². The molecule has 1 aliphatic rings. The van der Waals surface area contributed by atoms with Crippen LogP contribution in [0.15, 0.2) is 75.8 Å². The number of thioether (sulfide) groups is 1. The van der Waals surface area contributed by atoms with Crippen LogP contribution in [-0.2, 0) is 20.9 Å². The lowest BCUT2D eigenvalue weighted by Gasteiger charge is -2.10. The molecule has 0 fully saturated rings. The zero-order valence-corrected chi connectivity index (χ0v) is 18.1. The first kappa shape index (κ1) is 22.4. The second-order valence-corrected chi connectivity index (χ2v) is 7.56. The Morgan fingerprint density at radius 2 is 1.77 bits per heavy atom. The fourth-order valence-corrected chi connectivity index (χ4v) is 3.81. The van der Waals surface area contributed by atoms with Crippen molar-refractivity contribution in [1.82, 2.24) is 0 Å². The maximum absolute atomic E-state index is 12.4. The van der Waals surface area contributed by atoms with Gasteiger partial charge in [0.1, 0.15) is 28.7 Å². The molecule has 2 aromatic rings. The molecule has 7 heteroatoms. The Morgan fingerprint density at radius 1 is 1.06 bits per heavy atom. The molecule has 0 unspecified atom stereocenters. The molecule has 31 heavy (non-hydrogen) atoms. The first-order chi connectivity index (χ1) is 15.0. The summed E-state index contributed by atoms with van der Waals surface area (Å²) in [6.45, 7) is 3.88. The molecule has 6 nitrogen and oxygen atoms in total. The summed E-state index contributed by atoms with van der Waals surface area (Å²) in [6.07, 6.45) is 1.90. The number of amides is 1. The smallest absolute Gasteiger partial charge is 0.344 e. The van der Waals surface area contributed by atoms with Gasteiger partial charge in [-0.15, -0.1) is 0 Å². The number of para-hydroxylation sites is 1. The molecule has 160 valence electrons. The summed E-state index contributed by atoms with van der Waals surface area (Å²) in [7, 11) is 0. The highest BCUT2D eigenvalue weighted by atomic mass is 32.2. The average Bonchev–Trinajstić information content (AvgIpc) is 3.08. The van der Waals surface area contributed by atoms with E-state index in [1.807, 2.05) is 54.6 Å². The van der Waals surface area contributed by atoms with Gasteiger partial charge in [-0.05, 0) is 24.6 Å². The van der Waals surface area contributed by atoms with Crippen molar-refractivity contribution in [3.05, 3.63) is 82.0 Å². The van der Waals surface area contributed by atoms with E-state index in [1.54, 1.807) is 19.9 Å². The lowest BCUT2D eigenvalue weighted by atomic mass is 10.1. The molecule has 1 aliphatic heterocycles. The van der Waals surface area contributed by atoms with Crippen LogP contribution in [0.25, 0.3) is 6.08 Å². The monoisotopic (exact) mass is 437 g/mol. The molecule has 2 aromatic carbocycles. The molecule has 0 saturated carbocycles. The number of aliphatic hydroxyl groups excluding tert-OH is 1. The van der Waals surface area contributed by atoms with Crippen molar-refractivity contribution in [3.63, 3.8) is 0 Å². The van der Waals surface area contributed by atoms with Crippen LogP contribution in [0.3, 0.4) is 0 Å². The number of aliphatic hydroxyl groups is 1. The normalized spacial score (nSPS) is 16.1. The van der Waals surface area contributed by atoms with E-state index in [9.17, 15) is 14.7 Å². The number of rotatable bonds is 7. The van der Waals surface area contributed by atoms with Gasteiger partial charge in [0.2, 0.25) is 5.91 Å². The average molecular weight is 438 g/mol. The maximum Gasteiger partial charge on any atom is 0.344 e. The number of esters is 1. The number of carbonyl (C=O) groups is 2. The number of nitrogens with zero attached hydrogens (tertiary/aromatic N) is 1. The van der Waals surface area contributed by atoms with Crippen molar-refractivity contribution in [1.29, 1.82) is 0 Å². The third kappa shape index (κ3) is 5.64. The van der Waals surface area contributed by atoms with E-state index in [1.165, 1.54) is 0 Å². The molecule has 3 rings (SSSR count). The Hall–Kier alpha value is -3.32. The predicted octanol–water partition coefficient (Wildman–Crippen LogP) is 5.06. The van der Waals surface area contributed by atoms with Gasteiger partial charge >= 0.3 is 5.97 Å². The van der Waals surface area contributed by atoms with Crippen molar-refractivity contribution in [2.24, 2.45) is 4.99 Å². The van der Waals surface area contributed by atoms with Crippen molar-refractivity contribution < 1.29 is 24.2 Å². The second-order valence-electron chi connectivity index (χ2n) is 6.53. The minimum absolute atomic E-state index is 0.0948. The molecule has 0 spiro atoms. The number of carbonyl (C=O) groups excluding carboxylic acids is 2. The van der Waals surface area contributed by atoms with Crippen molar-refractivity contribution in [3.8, 4) is 5.75 Å². The molecular weight excluding hydrogens is 414 g/mol. The Morgan fingerprint density at radius 3 is 2.48 bits per heavy atom. The molecule has 1 N–H and O–H groups in total. The highest BCUT2D eigenvalue weighted by molar-refractivity contribution is 8.18. The maximum atomic E-state index is 12.4. The van der Waals surface area contributed by atoms with Crippen molar-refractivity contribution in [2.45, 2.75) is 26.9 Å². The third-order valence-corrected chi connectivity index (χ3v) is 5.36. The fraction of sp³-hybridized carbons (Fsp3) is 0.208. The highest BCUT2D eigenvalue weighted by Gasteiger charge is 2.33. The van der Waals surface area contributed by atoms with Gasteiger partial charge in [0.15, 0.2) is 0 Å². The first-order valence-electron chi connectivity index (χ1n) is 9.91. The molecule has 0 aromatic heterocycles. The van der Waals surface area contributed by atoms with E-state index >= 15 is 0 Å². The van der Waals surface area contributed by atoms with E-state index in [0.29, 0.717) is 17.3 Å².